The van der Waals surface area contributed by atoms with E-state index in [-0.39, 0.29) is 5.15 Å². The maximum Gasteiger partial charge on any atom is 0.318 e. The van der Waals surface area contributed by atoms with E-state index in [0.29, 0.717) is 5.69 Å². The fourth-order valence-electron chi connectivity index (χ4n) is 2.64. The van der Waals surface area contributed by atoms with Crippen molar-refractivity contribution >= 4 is 29.2 Å². The van der Waals surface area contributed by atoms with Crippen LogP contribution in [0.3, 0.4) is 0 Å². The van der Waals surface area contributed by atoms with Crippen molar-refractivity contribution in [1.82, 2.24) is 4.98 Å². The van der Waals surface area contributed by atoms with E-state index in [0.717, 1.165) is 11.1 Å². The first kappa shape index (κ1) is 18.6. The van der Waals surface area contributed by atoms with Gasteiger partial charge in [0.15, 0.2) is 11.8 Å². The van der Waals surface area contributed by atoms with Gasteiger partial charge in [-0.1, -0.05) is 72.3 Å². The van der Waals surface area contributed by atoms with E-state index in [4.69, 9.17) is 16.3 Å². The number of nitrogens with zero attached hydrogens (tertiary/aromatic N) is 1. The number of pyridine rings is 1. The number of carbonyl (C=O) groups excluding carboxylic acids is 2. The summed E-state index contributed by atoms with van der Waals surface area (Å²) < 4.78 is 5.27. The SMILES string of the molecule is O=C(COC(=O)C(c1ccccc1)c1ccccc1)Nc1cccnc1Cl. The van der Waals surface area contributed by atoms with Crippen LogP contribution in [0, 0.1) is 0 Å². The number of hydrogen-bond donors (Lipinski definition) is 1. The fourth-order valence-corrected chi connectivity index (χ4v) is 2.81. The molecule has 0 atom stereocenters. The van der Waals surface area contributed by atoms with Crippen molar-refractivity contribution in [3.05, 3.63) is 95.3 Å². The van der Waals surface area contributed by atoms with Crippen molar-refractivity contribution in [3.8, 4) is 0 Å². The zero-order valence-corrected chi connectivity index (χ0v) is 15.1. The number of rotatable bonds is 6. The highest BCUT2D eigenvalue weighted by atomic mass is 35.5. The molecular weight excluding hydrogens is 364 g/mol. The second kappa shape index (κ2) is 8.96. The Morgan fingerprint density at radius 1 is 0.926 bits per heavy atom. The van der Waals surface area contributed by atoms with Gasteiger partial charge in [-0.05, 0) is 23.3 Å². The Labute approximate surface area is 162 Å². The maximum atomic E-state index is 12.7. The minimum absolute atomic E-state index is 0.170. The summed E-state index contributed by atoms with van der Waals surface area (Å²) in [6, 6.07) is 21.9. The number of anilines is 1. The molecule has 1 aromatic heterocycles. The lowest BCUT2D eigenvalue weighted by molar-refractivity contribution is -0.147. The quantitative estimate of drug-likeness (QED) is 0.517. The van der Waals surface area contributed by atoms with E-state index in [1.54, 1.807) is 12.1 Å². The molecule has 0 fully saturated rings. The third-order valence-corrected chi connectivity index (χ3v) is 4.18. The molecule has 0 bridgehead atoms. The molecule has 0 saturated heterocycles. The standard InChI is InChI=1S/C21H17ClN2O3/c22-20-17(12-7-13-23-20)24-18(25)14-27-21(26)19(15-8-3-1-4-9-15)16-10-5-2-6-11-16/h1-13,19H,14H2,(H,24,25). The van der Waals surface area contributed by atoms with Crippen LogP contribution in [0.5, 0.6) is 0 Å². The third-order valence-electron chi connectivity index (χ3n) is 3.88. The number of hydrogen-bond acceptors (Lipinski definition) is 4. The van der Waals surface area contributed by atoms with Gasteiger partial charge in [0.05, 0.1) is 5.69 Å². The largest absolute Gasteiger partial charge is 0.455 e. The summed E-state index contributed by atoms with van der Waals surface area (Å²) in [5.74, 6) is -1.60. The van der Waals surface area contributed by atoms with E-state index in [1.807, 2.05) is 60.7 Å². The number of carbonyl (C=O) groups is 2. The minimum atomic E-state index is -0.609. The molecule has 0 radical (unpaired) electrons. The average molecular weight is 381 g/mol. The smallest absolute Gasteiger partial charge is 0.318 e. The number of ether oxygens (including phenoxy) is 1. The van der Waals surface area contributed by atoms with Crippen molar-refractivity contribution in [3.63, 3.8) is 0 Å². The topological polar surface area (TPSA) is 68.3 Å². The van der Waals surface area contributed by atoms with Gasteiger partial charge in [0.2, 0.25) is 0 Å². The Balaban J connectivity index is 1.70. The molecule has 3 aromatic rings. The van der Waals surface area contributed by atoms with Crippen LogP contribution in [0.15, 0.2) is 79.0 Å². The Morgan fingerprint density at radius 3 is 2.07 bits per heavy atom. The van der Waals surface area contributed by atoms with Gasteiger partial charge >= 0.3 is 5.97 Å². The Hall–Kier alpha value is -3.18. The van der Waals surface area contributed by atoms with Gasteiger partial charge in [0.25, 0.3) is 5.91 Å². The molecule has 27 heavy (non-hydrogen) atoms. The molecule has 0 spiro atoms. The van der Waals surface area contributed by atoms with Gasteiger partial charge in [0.1, 0.15) is 5.92 Å². The number of benzene rings is 2. The molecule has 1 heterocycles. The summed E-state index contributed by atoms with van der Waals surface area (Å²) in [4.78, 5) is 28.7. The van der Waals surface area contributed by atoms with E-state index < -0.39 is 24.4 Å². The maximum absolute atomic E-state index is 12.7. The highest BCUT2D eigenvalue weighted by Crippen LogP contribution is 2.26. The first-order valence-electron chi connectivity index (χ1n) is 8.32. The third kappa shape index (κ3) is 4.92. The number of aromatic nitrogens is 1. The molecule has 0 unspecified atom stereocenters. The molecule has 136 valence electrons. The molecule has 0 aliphatic carbocycles. The van der Waals surface area contributed by atoms with E-state index in [9.17, 15) is 9.59 Å². The number of nitrogens with one attached hydrogen (secondary N) is 1. The highest BCUT2D eigenvalue weighted by Gasteiger charge is 2.24. The molecule has 2 aromatic carbocycles. The van der Waals surface area contributed by atoms with Crippen molar-refractivity contribution in [1.29, 1.82) is 0 Å². The lowest BCUT2D eigenvalue weighted by Crippen LogP contribution is -2.24. The first-order chi connectivity index (χ1) is 13.1. The van der Waals surface area contributed by atoms with Gasteiger partial charge in [-0.3, -0.25) is 9.59 Å². The summed E-state index contributed by atoms with van der Waals surface area (Å²) >= 11 is 5.91. The van der Waals surface area contributed by atoms with Crippen molar-refractivity contribution in [2.24, 2.45) is 0 Å². The molecule has 0 aliphatic rings. The van der Waals surface area contributed by atoms with E-state index in [1.165, 1.54) is 6.20 Å². The molecule has 5 nitrogen and oxygen atoms in total. The van der Waals surface area contributed by atoms with Crippen LogP contribution < -0.4 is 5.32 Å². The summed E-state index contributed by atoms with van der Waals surface area (Å²) in [6.45, 7) is -0.416. The zero-order chi connectivity index (χ0) is 19.1. The number of halogens is 1. The molecule has 0 aliphatic heterocycles. The predicted octanol–water partition coefficient (Wildman–Crippen LogP) is 4.05. The highest BCUT2D eigenvalue weighted by molar-refractivity contribution is 6.32. The van der Waals surface area contributed by atoms with Crippen LogP contribution in [0.1, 0.15) is 17.0 Å². The summed E-state index contributed by atoms with van der Waals surface area (Å²) in [7, 11) is 0. The van der Waals surface area contributed by atoms with Gasteiger partial charge in [-0.2, -0.15) is 0 Å². The lowest BCUT2D eigenvalue weighted by Gasteiger charge is -2.17. The van der Waals surface area contributed by atoms with Crippen LogP contribution in [-0.4, -0.2) is 23.5 Å². The van der Waals surface area contributed by atoms with Gasteiger partial charge in [-0.25, -0.2) is 4.98 Å². The van der Waals surface area contributed by atoms with Crippen LogP contribution in [0.2, 0.25) is 5.15 Å². The monoisotopic (exact) mass is 380 g/mol. The molecular formula is C21H17ClN2O3. The van der Waals surface area contributed by atoms with Crippen molar-refractivity contribution < 1.29 is 14.3 Å². The van der Waals surface area contributed by atoms with Crippen molar-refractivity contribution in [2.75, 3.05) is 11.9 Å². The van der Waals surface area contributed by atoms with Gasteiger partial charge in [-0.15, -0.1) is 0 Å². The normalized spacial score (nSPS) is 10.4. The van der Waals surface area contributed by atoms with Crippen LogP contribution in [-0.2, 0) is 14.3 Å². The average Bonchev–Trinajstić information content (AvgIpc) is 2.70. The molecule has 6 heteroatoms. The number of esters is 1. The lowest BCUT2D eigenvalue weighted by atomic mass is 9.91. The zero-order valence-electron chi connectivity index (χ0n) is 14.3. The van der Waals surface area contributed by atoms with Gasteiger partial charge < -0.3 is 10.1 Å². The molecule has 3 rings (SSSR count). The Morgan fingerprint density at radius 2 is 1.52 bits per heavy atom. The Bertz CT molecular complexity index is 877. The molecule has 0 saturated carbocycles. The van der Waals surface area contributed by atoms with Crippen LogP contribution >= 0.6 is 11.6 Å². The Kier molecular flexibility index (Phi) is 6.18. The van der Waals surface area contributed by atoms with Crippen molar-refractivity contribution in [2.45, 2.75) is 5.92 Å². The van der Waals surface area contributed by atoms with E-state index >= 15 is 0 Å². The molecule has 1 amide bonds. The summed E-state index contributed by atoms with van der Waals surface area (Å²) in [5, 5.41) is 2.74. The molecule has 1 N–H and O–H groups in total. The summed E-state index contributed by atoms with van der Waals surface area (Å²) in [5.41, 5.74) is 1.96. The second-order valence-electron chi connectivity index (χ2n) is 5.75. The predicted molar refractivity (Wildman–Crippen MR) is 104 cm³/mol. The number of amides is 1. The minimum Gasteiger partial charge on any atom is -0.455 e. The summed E-state index contributed by atoms with van der Waals surface area (Å²) in [6.07, 6.45) is 1.52. The van der Waals surface area contributed by atoms with Gasteiger partial charge in [0, 0.05) is 6.20 Å². The van der Waals surface area contributed by atoms with E-state index in [2.05, 4.69) is 10.3 Å². The van der Waals surface area contributed by atoms with Crippen LogP contribution in [0.4, 0.5) is 5.69 Å². The van der Waals surface area contributed by atoms with Crippen LogP contribution in [0.25, 0.3) is 0 Å². The second-order valence-corrected chi connectivity index (χ2v) is 6.11. The fraction of sp³-hybridized carbons (Fsp3) is 0.0952. The first-order valence-corrected chi connectivity index (χ1v) is 8.70.